The van der Waals surface area contributed by atoms with Crippen LogP contribution in [0.15, 0.2) is 30.5 Å². The number of aryl methyl sites for hydroxylation is 1. The van der Waals surface area contributed by atoms with Crippen molar-refractivity contribution in [2.24, 2.45) is 5.73 Å². The zero-order valence-electron chi connectivity index (χ0n) is 20.7. The number of benzene rings is 1. The molecule has 35 heavy (non-hydrogen) atoms. The van der Waals surface area contributed by atoms with E-state index in [0.29, 0.717) is 49.8 Å². The number of amides is 2. The second-order valence-electron chi connectivity index (χ2n) is 9.14. The van der Waals surface area contributed by atoms with Crippen LogP contribution in [0.25, 0.3) is 0 Å². The quantitative estimate of drug-likeness (QED) is 0.455. The first-order chi connectivity index (χ1) is 17.0. The first kappa shape index (κ1) is 26.4. The summed E-state index contributed by atoms with van der Waals surface area (Å²) < 4.78 is 0. The molecule has 2 bridgehead atoms. The monoisotopic (exact) mass is 481 g/mol. The Bertz CT molecular complexity index is 949. The number of carbonyl (C=O) groups excluding carboxylic acids is 2. The van der Waals surface area contributed by atoms with Crippen molar-refractivity contribution in [1.29, 1.82) is 0 Å². The van der Waals surface area contributed by atoms with E-state index in [-0.39, 0.29) is 11.8 Å². The number of anilines is 2. The molecule has 0 unspecified atom stereocenters. The lowest BCUT2D eigenvalue weighted by atomic mass is 10.1. The standard InChI is InChI=1S/C26H39N7O2/c1-19-10-12-20(13-11-19)17-31-24(34)21-18-32-26-30-15-7-5-3-2-4-6-14-29-25(35)22(27)9-8-16-28-23(21)33-26/h10-13,18,22H,2-9,14-17,27H2,1H3,(H,29,35)(H,31,34)(H2,28,30,32,33)/t22-/m0/s1. The lowest BCUT2D eigenvalue weighted by Crippen LogP contribution is -2.41. The molecule has 0 saturated carbocycles. The van der Waals surface area contributed by atoms with Gasteiger partial charge in [-0.2, -0.15) is 4.98 Å². The minimum atomic E-state index is -0.543. The zero-order valence-corrected chi connectivity index (χ0v) is 20.7. The molecule has 0 radical (unpaired) electrons. The fourth-order valence-electron chi connectivity index (χ4n) is 3.91. The highest BCUT2D eigenvalue weighted by molar-refractivity contribution is 5.98. The van der Waals surface area contributed by atoms with Crippen molar-refractivity contribution in [3.05, 3.63) is 47.2 Å². The van der Waals surface area contributed by atoms with E-state index < -0.39 is 6.04 Å². The molecule has 1 aliphatic heterocycles. The van der Waals surface area contributed by atoms with Crippen LogP contribution in [-0.4, -0.2) is 47.5 Å². The number of nitrogens with one attached hydrogen (secondary N) is 4. The molecule has 3 rings (SSSR count). The Morgan fingerprint density at radius 2 is 1.63 bits per heavy atom. The molecule has 0 spiro atoms. The highest BCUT2D eigenvalue weighted by Crippen LogP contribution is 2.16. The van der Waals surface area contributed by atoms with Crippen molar-refractivity contribution in [3.63, 3.8) is 0 Å². The van der Waals surface area contributed by atoms with Gasteiger partial charge in [0.2, 0.25) is 11.9 Å². The summed E-state index contributed by atoms with van der Waals surface area (Å²) in [7, 11) is 0. The third-order valence-corrected chi connectivity index (χ3v) is 6.11. The third kappa shape index (κ3) is 9.16. The lowest BCUT2D eigenvalue weighted by Gasteiger charge is -2.15. The number of nitrogens with zero attached hydrogens (tertiary/aromatic N) is 2. The maximum atomic E-state index is 12.9. The zero-order chi connectivity index (χ0) is 24.9. The number of nitrogens with two attached hydrogens (primary N) is 1. The van der Waals surface area contributed by atoms with E-state index in [1.165, 1.54) is 5.56 Å². The Labute approximate surface area is 208 Å². The van der Waals surface area contributed by atoms with Crippen LogP contribution in [0, 0.1) is 6.92 Å². The SMILES string of the molecule is Cc1ccc(CNC(=O)c2cnc3nc2NCCC[C@H](N)C(=O)NCCCCCCCCN3)cc1. The van der Waals surface area contributed by atoms with Crippen LogP contribution < -0.4 is 27.0 Å². The van der Waals surface area contributed by atoms with E-state index in [1.54, 1.807) is 6.20 Å². The Morgan fingerprint density at radius 1 is 0.971 bits per heavy atom. The van der Waals surface area contributed by atoms with E-state index in [0.717, 1.165) is 50.6 Å². The van der Waals surface area contributed by atoms with Gasteiger partial charge in [0, 0.05) is 32.4 Å². The smallest absolute Gasteiger partial charge is 0.256 e. The van der Waals surface area contributed by atoms with Crippen molar-refractivity contribution in [3.8, 4) is 0 Å². The van der Waals surface area contributed by atoms with Crippen molar-refractivity contribution < 1.29 is 9.59 Å². The van der Waals surface area contributed by atoms with E-state index >= 15 is 0 Å². The molecule has 1 atom stereocenters. The van der Waals surface area contributed by atoms with Gasteiger partial charge in [-0.15, -0.1) is 0 Å². The number of hydrogen-bond acceptors (Lipinski definition) is 7. The van der Waals surface area contributed by atoms with E-state index in [9.17, 15) is 9.59 Å². The lowest BCUT2D eigenvalue weighted by molar-refractivity contribution is -0.122. The number of rotatable bonds is 3. The summed E-state index contributed by atoms with van der Waals surface area (Å²) in [5.74, 6) is 0.623. The molecule has 9 nitrogen and oxygen atoms in total. The van der Waals surface area contributed by atoms with Crippen LogP contribution in [-0.2, 0) is 11.3 Å². The highest BCUT2D eigenvalue weighted by atomic mass is 16.2. The number of carbonyl (C=O) groups is 2. The predicted molar refractivity (Wildman–Crippen MR) is 139 cm³/mol. The van der Waals surface area contributed by atoms with E-state index in [2.05, 4.69) is 31.2 Å². The summed E-state index contributed by atoms with van der Waals surface area (Å²) in [4.78, 5) is 34.1. The average Bonchev–Trinajstić information content (AvgIpc) is 2.86. The maximum absolute atomic E-state index is 12.9. The summed E-state index contributed by atoms with van der Waals surface area (Å²) in [6.45, 7) is 4.44. The predicted octanol–water partition coefficient (Wildman–Crippen LogP) is 3.12. The normalized spacial score (nSPS) is 18.6. The van der Waals surface area contributed by atoms with Gasteiger partial charge >= 0.3 is 0 Å². The maximum Gasteiger partial charge on any atom is 0.256 e. The Morgan fingerprint density at radius 3 is 2.37 bits per heavy atom. The van der Waals surface area contributed by atoms with E-state index in [4.69, 9.17) is 5.73 Å². The molecule has 190 valence electrons. The molecule has 2 aromatic rings. The molecule has 1 aliphatic rings. The summed E-state index contributed by atoms with van der Waals surface area (Å²) in [6.07, 6.45) is 9.31. The van der Waals surface area contributed by atoms with Crippen LogP contribution in [0.2, 0.25) is 0 Å². The Balaban J connectivity index is 1.65. The molecule has 0 saturated heterocycles. The largest absolute Gasteiger partial charge is 0.369 e. The molecule has 1 aromatic carbocycles. The fraction of sp³-hybridized carbons (Fsp3) is 0.538. The molecule has 9 heteroatoms. The second-order valence-corrected chi connectivity index (χ2v) is 9.14. The van der Waals surface area contributed by atoms with Gasteiger partial charge in [0.05, 0.1) is 6.04 Å². The van der Waals surface area contributed by atoms with Gasteiger partial charge in [0.25, 0.3) is 5.91 Å². The van der Waals surface area contributed by atoms with Crippen LogP contribution in [0.5, 0.6) is 0 Å². The van der Waals surface area contributed by atoms with Crippen molar-refractivity contribution >= 4 is 23.6 Å². The van der Waals surface area contributed by atoms with Crippen molar-refractivity contribution in [1.82, 2.24) is 20.6 Å². The molecule has 2 heterocycles. The van der Waals surface area contributed by atoms with Crippen LogP contribution in [0.1, 0.15) is 72.9 Å². The van der Waals surface area contributed by atoms with Crippen LogP contribution in [0.3, 0.4) is 0 Å². The molecular formula is C26H39N7O2. The summed E-state index contributed by atoms with van der Waals surface area (Å²) in [5.41, 5.74) is 8.64. The third-order valence-electron chi connectivity index (χ3n) is 6.11. The molecule has 0 aliphatic carbocycles. The highest BCUT2D eigenvalue weighted by Gasteiger charge is 2.16. The molecule has 1 aromatic heterocycles. The number of fused-ring (bicyclic) bond motifs is 2. The number of aromatic nitrogens is 2. The van der Waals surface area contributed by atoms with Gasteiger partial charge in [0.1, 0.15) is 11.4 Å². The Kier molecular flexibility index (Phi) is 10.8. The van der Waals surface area contributed by atoms with Crippen LogP contribution >= 0.6 is 0 Å². The van der Waals surface area contributed by atoms with Gasteiger partial charge < -0.3 is 27.0 Å². The van der Waals surface area contributed by atoms with Crippen LogP contribution in [0.4, 0.5) is 11.8 Å². The van der Waals surface area contributed by atoms with Gasteiger partial charge in [-0.3, -0.25) is 9.59 Å². The van der Waals surface area contributed by atoms with Crippen molar-refractivity contribution in [2.45, 2.75) is 70.9 Å². The summed E-state index contributed by atoms with van der Waals surface area (Å²) in [5, 5.41) is 12.4. The van der Waals surface area contributed by atoms with E-state index in [1.807, 2.05) is 31.2 Å². The summed E-state index contributed by atoms with van der Waals surface area (Å²) >= 11 is 0. The molecular weight excluding hydrogens is 442 g/mol. The van der Waals surface area contributed by atoms with Crippen molar-refractivity contribution in [2.75, 3.05) is 30.3 Å². The first-order valence-corrected chi connectivity index (χ1v) is 12.7. The molecule has 0 fully saturated rings. The Hall–Kier alpha value is -3.20. The average molecular weight is 482 g/mol. The van der Waals surface area contributed by atoms with Gasteiger partial charge in [-0.1, -0.05) is 55.5 Å². The van der Waals surface area contributed by atoms with Gasteiger partial charge in [-0.05, 0) is 38.2 Å². The molecule has 2 amide bonds. The second kappa shape index (κ2) is 14.3. The number of hydrogen-bond donors (Lipinski definition) is 5. The first-order valence-electron chi connectivity index (χ1n) is 12.7. The van der Waals surface area contributed by atoms with Gasteiger partial charge in [-0.25, -0.2) is 4.98 Å². The fourth-order valence-corrected chi connectivity index (χ4v) is 3.91. The minimum absolute atomic E-state index is 0.104. The van der Waals surface area contributed by atoms with Gasteiger partial charge in [0.15, 0.2) is 0 Å². The topological polar surface area (TPSA) is 134 Å². The summed E-state index contributed by atoms with van der Waals surface area (Å²) in [6, 6.07) is 7.50. The molecule has 6 N–H and O–H groups in total. The minimum Gasteiger partial charge on any atom is -0.369 e.